The smallest absolute Gasteiger partial charge is 0.270 e. The Balaban J connectivity index is 2.18. The zero-order valence-electron chi connectivity index (χ0n) is 14.0. The summed E-state index contributed by atoms with van der Waals surface area (Å²) in [5.74, 6) is 0. The Morgan fingerprint density at radius 3 is 1.69 bits per heavy atom. The van der Waals surface area contributed by atoms with Crippen molar-refractivity contribution in [3.63, 3.8) is 0 Å². The molecule has 2 aromatic carbocycles. The molecule has 8 nitrogen and oxygen atoms in total. The molecule has 0 spiro atoms. The highest BCUT2D eigenvalue weighted by Crippen LogP contribution is 2.49. The molecule has 9 heteroatoms. The first-order valence-corrected chi connectivity index (χ1v) is 9.94. The van der Waals surface area contributed by atoms with Crippen LogP contribution in [0.15, 0.2) is 48.5 Å². The van der Waals surface area contributed by atoms with Crippen LogP contribution >= 0.6 is 7.29 Å². The minimum absolute atomic E-state index is 0.148. The van der Waals surface area contributed by atoms with E-state index in [9.17, 15) is 24.8 Å². The van der Waals surface area contributed by atoms with E-state index in [1.165, 1.54) is 36.4 Å². The van der Waals surface area contributed by atoms with Gasteiger partial charge in [0.05, 0.1) is 9.85 Å². The SMILES string of the molecule is O=[N+]([O-])c1cccc(P(=O)(c2cccc([N+](=O)[O-])c2)N2CCCCC2)c1. The summed E-state index contributed by atoms with van der Waals surface area (Å²) in [6.07, 6.45) is 2.77. The van der Waals surface area contributed by atoms with Gasteiger partial charge in [-0.25, -0.2) is 4.67 Å². The Morgan fingerprint density at radius 2 is 1.27 bits per heavy atom. The zero-order valence-corrected chi connectivity index (χ0v) is 14.9. The minimum Gasteiger partial charge on any atom is -0.296 e. The molecule has 0 aliphatic carbocycles. The van der Waals surface area contributed by atoms with Crippen molar-refractivity contribution in [3.05, 3.63) is 68.8 Å². The third-order valence-corrected chi connectivity index (χ3v) is 7.66. The normalized spacial score (nSPS) is 15.5. The van der Waals surface area contributed by atoms with E-state index in [0.29, 0.717) is 23.7 Å². The standard InChI is InChI=1S/C17H18N3O5P/c21-19(22)14-6-4-8-16(12-14)26(25,18-10-2-1-3-11-18)17-9-5-7-15(13-17)20(23)24/h4-9,12-13H,1-3,10-11H2. The Bertz CT molecular complexity index is 834. The summed E-state index contributed by atoms with van der Waals surface area (Å²) >= 11 is 0. The van der Waals surface area contributed by atoms with Crippen LogP contribution in [0.1, 0.15) is 19.3 Å². The van der Waals surface area contributed by atoms with Crippen LogP contribution in [0, 0.1) is 20.2 Å². The van der Waals surface area contributed by atoms with E-state index in [1.807, 2.05) is 4.67 Å². The Labute approximate surface area is 150 Å². The third-order valence-electron chi connectivity index (χ3n) is 4.51. The van der Waals surface area contributed by atoms with E-state index >= 15 is 0 Å². The molecule has 0 aromatic heterocycles. The summed E-state index contributed by atoms with van der Waals surface area (Å²) in [5.41, 5.74) is -0.296. The Hall–Kier alpha value is -2.57. The van der Waals surface area contributed by atoms with Crippen molar-refractivity contribution in [2.24, 2.45) is 0 Å². The van der Waals surface area contributed by atoms with E-state index in [-0.39, 0.29) is 11.4 Å². The van der Waals surface area contributed by atoms with Gasteiger partial charge in [0, 0.05) is 48.0 Å². The first kappa shape index (κ1) is 18.2. The lowest BCUT2D eigenvalue weighted by molar-refractivity contribution is -0.384. The predicted molar refractivity (Wildman–Crippen MR) is 98.5 cm³/mol. The van der Waals surface area contributed by atoms with Crippen molar-refractivity contribution in [2.75, 3.05) is 13.1 Å². The van der Waals surface area contributed by atoms with E-state index in [1.54, 1.807) is 12.1 Å². The number of nitro benzene ring substituents is 2. The fraction of sp³-hybridized carbons (Fsp3) is 0.294. The van der Waals surface area contributed by atoms with Gasteiger partial charge in [0.15, 0.2) is 0 Å². The van der Waals surface area contributed by atoms with Crippen LogP contribution in [0.2, 0.25) is 0 Å². The van der Waals surface area contributed by atoms with Gasteiger partial charge < -0.3 is 0 Å². The number of rotatable bonds is 5. The highest BCUT2D eigenvalue weighted by atomic mass is 31.2. The third kappa shape index (κ3) is 3.38. The van der Waals surface area contributed by atoms with Crippen LogP contribution < -0.4 is 10.6 Å². The van der Waals surface area contributed by atoms with Gasteiger partial charge in [-0.3, -0.25) is 24.8 Å². The van der Waals surface area contributed by atoms with Crippen LogP contribution in [0.3, 0.4) is 0 Å². The molecule has 0 bridgehead atoms. The molecular formula is C17H18N3O5P. The van der Waals surface area contributed by atoms with Crippen molar-refractivity contribution in [3.8, 4) is 0 Å². The molecule has 0 radical (unpaired) electrons. The molecule has 3 rings (SSSR count). The quantitative estimate of drug-likeness (QED) is 0.451. The number of nitrogens with zero attached hydrogens (tertiary/aromatic N) is 3. The maximum Gasteiger partial charge on any atom is 0.270 e. The van der Waals surface area contributed by atoms with Gasteiger partial charge in [0.25, 0.3) is 11.4 Å². The molecular weight excluding hydrogens is 357 g/mol. The largest absolute Gasteiger partial charge is 0.296 e. The summed E-state index contributed by atoms with van der Waals surface area (Å²) in [6, 6.07) is 11.5. The van der Waals surface area contributed by atoms with Gasteiger partial charge in [-0.05, 0) is 25.0 Å². The number of hydrogen-bond donors (Lipinski definition) is 0. The maximum absolute atomic E-state index is 14.2. The topological polar surface area (TPSA) is 107 Å². The average Bonchev–Trinajstić information content (AvgIpc) is 2.68. The van der Waals surface area contributed by atoms with Gasteiger partial charge in [-0.1, -0.05) is 18.6 Å². The molecule has 1 aliphatic rings. The van der Waals surface area contributed by atoms with Gasteiger partial charge in [-0.2, -0.15) is 0 Å². The molecule has 0 unspecified atom stereocenters. The number of nitro groups is 2. The highest BCUT2D eigenvalue weighted by Gasteiger charge is 2.37. The summed E-state index contributed by atoms with van der Waals surface area (Å²) in [7, 11) is -3.41. The van der Waals surface area contributed by atoms with E-state index in [0.717, 1.165) is 19.3 Å². The molecule has 1 aliphatic heterocycles. The lowest BCUT2D eigenvalue weighted by Gasteiger charge is -2.34. The molecule has 136 valence electrons. The first-order valence-electron chi connectivity index (χ1n) is 8.28. The molecule has 2 aromatic rings. The second kappa shape index (κ2) is 7.35. The van der Waals surface area contributed by atoms with E-state index in [2.05, 4.69) is 0 Å². The van der Waals surface area contributed by atoms with Gasteiger partial charge in [-0.15, -0.1) is 0 Å². The highest BCUT2D eigenvalue weighted by molar-refractivity contribution is 7.76. The summed E-state index contributed by atoms with van der Waals surface area (Å²) < 4.78 is 16.0. The van der Waals surface area contributed by atoms with Crippen LogP contribution in [-0.2, 0) is 4.57 Å². The fourth-order valence-electron chi connectivity index (χ4n) is 3.22. The summed E-state index contributed by atoms with van der Waals surface area (Å²) in [5, 5.41) is 23.0. The maximum atomic E-state index is 14.2. The molecule has 0 saturated carbocycles. The number of benzene rings is 2. The zero-order chi connectivity index (χ0) is 18.7. The van der Waals surface area contributed by atoms with Crippen LogP contribution in [-0.4, -0.2) is 27.6 Å². The summed E-state index contributed by atoms with van der Waals surface area (Å²) in [4.78, 5) is 21.2. The van der Waals surface area contributed by atoms with Crippen molar-refractivity contribution < 1.29 is 14.4 Å². The molecule has 1 fully saturated rings. The first-order chi connectivity index (χ1) is 12.4. The molecule has 0 amide bonds. The Kier molecular flexibility index (Phi) is 5.15. The van der Waals surface area contributed by atoms with Crippen molar-refractivity contribution >= 4 is 29.3 Å². The summed E-state index contributed by atoms with van der Waals surface area (Å²) in [6.45, 7) is 1.17. The van der Waals surface area contributed by atoms with Crippen molar-refractivity contribution in [1.82, 2.24) is 4.67 Å². The number of non-ortho nitro benzene ring substituents is 2. The Morgan fingerprint density at radius 1 is 0.808 bits per heavy atom. The van der Waals surface area contributed by atoms with Crippen molar-refractivity contribution in [1.29, 1.82) is 0 Å². The fourth-order valence-corrected chi connectivity index (χ4v) is 6.21. The molecule has 1 heterocycles. The monoisotopic (exact) mass is 375 g/mol. The second-order valence-electron chi connectivity index (χ2n) is 6.14. The lowest BCUT2D eigenvalue weighted by Crippen LogP contribution is -2.36. The predicted octanol–water partition coefficient (Wildman–Crippen LogP) is 3.22. The van der Waals surface area contributed by atoms with Gasteiger partial charge in [0.2, 0.25) is 7.29 Å². The number of hydrogen-bond acceptors (Lipinski definition) is 5. The van der Waals surface area contributed by atoms with Crippen LogP contribution in [0.4, 0.5) is 11.4 Å². The van der Waals surface area contributed by atoms with E-state index in [4.69, 9.17) is 0 Å². The minimum atomic E-state index is -3.41. The second-order valence-corrected chi connectivity index (χ2v) is 8.89. The van der Waals surface area contributed by atoms with Crippen LogP contribution in [0.5, 0.6) is 0 Å². The van der Waals surface area contributed by atoms with Gasteiger partial charge in [0.1, 0.15) is 0 Å². The molecule has 0 N–H and O–H groups in total. The molecule has 0 atom stereocenters. The van der Waals surface area contributed by atoms with E-state index < -0.39 is 17.1 Å². The molecule has 26 heavy (non-hydrogen) atoms. The van der Waals surface area contributed by atoms with Gasteiger partial charge >= 0.3 is 0 Å². The molecule has 1 saturated heterocycles. The lowest BCUT2D eigenvalue weighted by atomic mass is 10.2. The van der Waals surface area contributed by atoms with Crippen LogP contribution in [0.25, 0.3) is 0 Å². The van der Waals surface area contributed by atoms with Crippen molar-refractivity contribution in [2.45, 2.75) is 19.3 Å². The average molecular weight is 375 g/mol. The number of piperidine rings is 1.